The molecule has 17 heavy (non-hydrogen) atoms. The number of hydrogen-bond donors (Lipinski definition) is 0. The highest BCUT2D eigenvalue weighted by Gasteiger charge is 2.04. The number of unbranched alkanes of at least 4 members (excludes halogenated alkanes) is 1. The number of nitrogens with zero attached hydrogens (tertiary/aromatic N) is 2. The van der Waals surface area contributed by atoms with Crippen molar-refractivity contribution in [3.63, 3.8) is 0 Å². The summed E-state index contributed by atoms with van der Waals surface area (Å²) in [4.78, 5) is 6.91. The standard InChI is InChI=1S/C15H20N2/c1-3-5-10-17(4-2)14-11-13-8-6-7-9-15(13)16-12-14/h6-9,11-12H,3-5,10H2,1-2H3. The number of benzene rings is 1. The average Bonchev–Trinajstić information content (AvgIpc) is 2.39. The SMILES string of the molecule is CCCCN(CC)c1cnc2ccccc2c1. The molecule has 0 bridgehead atoms. The van der Waals surface area contributed by atoms with Gasteiger partial charge in [0.2, 0.25) is 0 Å². The van der Waals surface area contributed by atoms with Crippen LogP contribution in [0.2, 0.25) is 0 Å². The Bertz CT molecular complexity index is 479. The summed E-state index contributed by atoms with van der Waals surface area (Å²) >= 11 is 0. The lowest BCUT2D eigenvalue weighted by Crippen LogP contribution is -2.23. The molecule has 0 spiro atoms. The van der Waals surface area contributed by atoms with E-state index >= 15 is 0 Å². The van der Waals surface area contributed by atoms with Gasteiger partial charge in [0.05, 0.1) is 17.4 Å². The summed E-state index contributed by atoms with van der Waals surface area (Å²) < 4.78 is 0. The molecule has 90 valence electrons. The molecule has 1 heterocycles. The first kappa shape index (κ1) is 11.9. The molecule has 1 aromatic carbocycles. The number of fused-ring (bicyclic) bond motifs is 1. The molecule has 0 saturated heterocycles. The van der Waals surface area contributed by atoms with E-state index < -0.39 is 0 Å². The predicted molar refractivity (Wildman–Crippen MR) is 74.5 cm³/mol. The van der Waals surface area contributed by atoms with Crippen LogP contribution in [0.25, 0.3) is 10.9 Å². The van der Waals surface area contributed by atoms with Gasteiger partial charge in [0.15, 0.2) is 0 Å². The minimum absolute atomic E-state index is 1.04. The van der Waals surface area contributed by atoms with E-state index in [0.717, 1.165) is 18.6 Å². The van der Waals surface area contributed by atoms with Crippen molar-refractivity contribution in [1.82, 2.24) is 4.98 Å². The molecular formula is C15H20N2. The minimum atomic E-state index is 1.04. The second kappa shape index (κ2) is 5.67. The van der Waals surface area contributed by atoms with Crippen molar-refractivity contribution < 1.29 is 0 Å². The highest BCUT2D eigenvalue weighted by Crippen LogP contribution is 2.19. The van der Waals surface area contributed by atoms with Gasteiger partial charge < -0.3 is 4.90 Å². The second-order valence-electron chi connectivity index (χ2n) is 4.32. The highest BCUT2D eigenvalue weighted by molar-refractivity contribution is 5.81. The van der Waals surface area contributed by atoms with Crippen molar-refractivity contribution in [2.45, 2.75) is 26.7 Å². The molecule has 0 unspecified atom stereocenters. The van der Waals surface area contributed by atoms with Gasteiger partial charge in [-0.2, -0.15) is 0 Å². The zero-order valence-corrected chi connectivity index (χ0v) is 10.7. The zero-order chi connectivity index (χ0) is 12.1. The molecule has 2 nitrogen and oxygen atoms in total. The number of hydrogen-bond acceptors (Lipinski definition) is 2. The first-order chi connectivity index (χ1) is 8.35. The topological polar surface area (TPSA) is 16.1 Å². The Hall–Kier alpha value is -1.57. The van der Waals surface area contributed by atoms with Gasteiger partial charge in [0.1, 0.15) is 0 Å². The maximum atomic E-state index is 4.52. The molecule has 1 aromatic heterocycles. The molecule has 2 rings (SSSR count). The van der Waals surface area contributed by atoms with Gasteiger partial charge in [-0.3, -0.25) is 4.98 Å². The molecule has 0 aliphatic carbocycles. The van der Waals surface area contributed by atoms with Crippen molar-refractivity contribution in [3.05, 3.63) is 36.5 Å². The van der Waals surface area contributed by atoms with Crippen LogP contribution in [0.4, 0.5) is 5.69 Å². The van der Waals surface area contributed by atoms with E-state index in [9.17, 15) is 0 Å². The fourth-order valence-corrected chi connectivity index (χ4v) is 2.05. The lowest BCUT2D eigenvalue weighted by atomic mass is 10.2. The fourth-order valence-electron chi connectivity index (χ4n) is 2.05. The number of rotatable bonds is 5. The molecule has 0 saturated carbocycles. The van der Waals surface area contributed by atoms with Crippen molar-refractivity contribution in [1.29, 1.82) is 0 Å². The lowest BCUT2D eigenvalue weighted by molar-refractivity contribution is 0.731. The van der Waals surface area contributed by atoms with Crippen LogP contribution >= 0.6 is 0 Å². The van der Waals surface area contributed by atoms with Crippen LogP contribution in [0.1, 0.15) is 26.7 Å². The summed E-state index contributed by atoms with van der Waals surface area (Å²) in [6.45, 7) is 6.59. The van der Waals surface area contributed by atoms with Gasteiger partial charge in [0.25, 0.3) is 0 Å². The van der Waals surface area contributed by atoms with Crippen molar-refractivity contribution >= 4 is 16.6 Å². The molecule has 0 atom stereocenters. The van der Waals surface area contributed by atoms with Gasteiger partial charge in [-0.05, 0) is 25.5 Å². The van der Waals surface area contributed by atoms with Crippen LogP contribution in [0, 0.1) is 0 Å². The average molecular weight is 228 g/mol. The summed E-state index contributed by atoms with van der Waals surface area (Å²) in [6.07, 6.45) is 4.46. The third kappa shape index (κ3) is 2.76. The van der Waals surface area contributed by atoms with E-state index in [2.05, 4.69) is 48.0 Å². The number of aromatic nitrogens is 1. The van der Waals surface area contributed by atoms with Gasteiger partial charge in [-0.25, -0.2) is 0 Å². The van der Waals surface area contributed by atoms with E-state index in [-0.39, 0.29) is 0 Å². The first-order valence-corrected chi connectivity index (χ1v) is 6.45. The van der Waals surface area contributed by atoms with E-state index in [1.165, 1.54) is 23.9 Å². The summed E-state index contributed by atoms with van der Waals surface area (Å²) in [5, 5.41) is 1.22. The maximum absolute atomic E-state index is 4.52. The summed E-state index contributed by atoms with van der Waals surface area (Å²) in [6, 6.07) is 10.5. The summed E-state index contributed by atoms with van der Waals surface area (Å²) in [7, 11) is 0. The van der Waals surface area contributed by atoms with Crippen LogP contribution in [0.15, 0.2) is 36.5 Å². The van der Waals surface area contributed by atoms with E-state index in [4.69, 9.17) is 0 Å². The first-order valence-electron chi connectivity index (χ1n) is 6.45. The Kier molecular flexibility index (Phi) is 3.97. The predicted octanol–water partition coefficient (Wildman–Crippen LogP) is 3.86. The summed E-state index contributed by atoms with van der Waals surface area (Å²) in [5.74, 6) is 0. The largest absolute Gasteiger partial charge is 0.371 e. The molecule has 0 radical (unpaired) electrons. The Morgan fingerprint density at radius 1 is 1.18 bits per heavy atom. The van der Waals surface area contributed by atoms with Crippen LogP contribution in [0.5, 0.6) is 0 Å². The Morgan fingerprint density at radius 3 is 2.76 bits per heavy atom. The zero-order valence-electron chi connectivity index (χ0n) is 10.7. The fraction of sp³-hybridized carbons (Fsp3) is 0.400. The van der Waals surface area contributed by atoms with Gasteiger partial charge in [0, 0.05) is 18.5 Å². The quantitative estimate of drug-likeness (QED) is 0.772. The molecule has 0 aliphatic heterocycles. The number of para-hydroxylation sites is 1. The Labute approximate surface area is 103 Å². The van der Waals surface area contributed by atoms with Gasteiger partial charge in [-0.1, -0.05) is 31.5 Å². The van der Waals surface area contributed by atoms with Crippen LogP contribution in [0.3, 0.4) is 0 Å². The highest BCUT2D eigenvalue weighted by atomic mass is 15.1. The van der Waals surface area contributed by atoms with Crippen LogP contribution < -0.4 is 4.90 Å². The molecule has 2 aromatic rings. The second-order valence-corrected chi connectivity index (χ2v) is 4.32. The van der Waals surface area contributed by atoms with Gasteiger partial charge in [-0.15, -0.1) is 0 Å². The van der Waals surface area contributed by atoms with E-state index in [1.807, 2.05) is 12.3 Å². The Balaban J connectivity index is 2.27. The molecule has 0 fully saturated rings. The minimum Gasteiger partial charge on any atom is -0.371 e. The van der Waals surface area contributed by atoms with Crippen LogP contribution in [-0.4, -0.2) is 18.1 Å². The Morgan fingerprint density at radius 2 is 2.00 bits per heavy atom. The smallest absolute Gasteiger partial charge is 0.0703 e. The number of anilines is 1. The third-order valence-corrected chi connectivity index (χ3v) is 3.10. The molecule has 2 heteroatoms. The molecule has 0 N–H and O–H groups in total. The van der Waals surface area contributed by atoms with E-state index in [1.54, 1.807) is 0 Å². The van der Waals surface area contributed by atoms with E-state index in [0.29, 0.717) is 0 Å². The normalized spacial score (nSPS) is 10.7. The molecule has 0 aliphatic rings. The van der Waals surface area contributed by atoms with Crippen LogP contribution in [-0.2, 0) is 0 Å². The lowest BCUT2D eigenvalue weighted by Gasteiger charge is -2.22. The van der Waals surface area contributed by atoms with Crippen molar-refractivity contribution in [2.24, 2.45) is 0 Å². The van der Waals surface area contributed by atoms with Gasteiger partial charge >= 0.3 is 0 Å². The van der Waals surface area contributed by atoms with Crippen molar-refractivity contribution in [2.75, 3.05) is 18.0 Å². The van der Waals surface area contributed by atoms with Crippen molar-refractivity contribution in [3.8, 4) is 0 Å². The third-order valence-electron chi connectivity index (χ3n) is 3.10. The maximum Gasteiger partial charge on any atom is 0.0703 e. The number of pyridine rings is 1. The molecular weight excluding hydrogens is 208 g/mol. The molecule has 0 amide bonds. The summed E-state index contributed by atoms with van der Waals surface area (Å²) in [5.41, 5.74) is 2.31. The monoisotopic (exact) mass is 228 g/mol.